The van der Waals surface area contributed by atoms with Crippen LogP contribution in [-0.2, 0) is 11.2 Å². The highest BCUT2D eigenvalue weighted by Gasteiger charge is 2.17. The van der Waals surface area contributed by atoms with Gasteiger partial charge in [0.05, 0.1) is 5.69 Å². The zero-order valence-corrected chi connectivity index (χ0v) is 19.4. The molecule has 2 N–H and O–H groups in total. The van der Waals surface area contributed by atoms with Gasteiger partial charge in [0, 0.05) is 48.5 Å². The van der Waals surface area contributed by atoms with Gasteiger partial charge in [-0.1, -0.05) is 18.2 Å². The normalized spacial score (nSPS) is 11.0. The molecule has 0 saturated heterocycles. The summed E-state index contributed by atoms with van der Waals surface area (Å²) >= 11 is 1.32. The van der Waals surface area contributed by atoms with E-state index in [1.807, 2.05) is 47.8 Å². The second-order valence-electron chi connectivity index (χ2n) is 8.16. The number of carbonyl (C=O) groups is 2. The van der Waals surface area contributed by atoms with Gasteiger partial charge in [-0.3, -0.25) is 10.3 Å². The highest BCUT2D eigenvalue weighted by molar-refractivity contribution is 7.14. The molecule has 8 nitrogen and oxygen atoms in total. The smallest absolute Gasteiger partial charge is 0.413 e. The summed E-state index contributed by atoms with van der Waals surface area (Å²) in [6.07, 6.45) is 1.90. The molecule has 0 spiro atoms. The first-order valence-corrected chi connectivity index (χ1v) is 11.1. The molecule has 3 amide bonds. The maximum Gasteiger partial charge on any atom is 0.413 e. The van der Waals surface area contributed by atoms with Crippen molar-refractivity contribution in [3.05, 3.63) is 59.7 Å². The van der Waals surface area contributed by atoms with Crippen LogP contribution in [0.15, 0.2) is 54.0 Å². The Morgan fingerprint density at radius 2 is 1.84 bits per heavy atom. The minimum atomic E-state index is -0.572. The Labute approximate surface area is 191 Å². The van der Waals surface area contributed by atoms with E-state index < -0.39 is 11.7 Å². The Kier molecular flexibility index (Phi) is 7.42. The van der Waals surface area contributed by atoms with E-state index in [-0.39, 0.29) is 6.03 Å². The zero-order chi connectivity index (χ0) is 23.1. The number of nitrogens with zero attached hydrogens (tertiary/aromatic N) is 3. The van der Waals surface area contributed by atoms with Crippen molar-refractivity contribution in [3.8, 4) is 11.3 Å². The number of likely N-dealkylation sites (N-methyl/N-ethyl adjacent to an activating group) is 1. The van der Waals surface area contributed by atoms with Crippen molar-refractivity contribution >= 4 is 34.3 Å². The van der Waals surface area contributed by atoms with Crippen molar-refractivity contribution in [1.29, 1.82) is 0 Å². The van der Waals surface area contributed by atoms with E-state index in [4.69, 9.17) is 4.74 Å². The van der Waals surface area contributed by atoms with Crippen molar-refractivity contribution in [2.45, 2.75) is 32.8 Å². The topological polar surface area (TPSA) is 96.5 Å². The predicted molar refractivity (Wildman–Crippen MR) is 127 cm³/mol. The number of hydrogen-bond donors (Lipinski definition) is 2. The first kappa shape index (κ1) is 23.2. The summed E-state index contributed by atoms with van der Waals surface area (Å²) in [4.78, 5) is 34.6. The molecule has 9 heteroatoms. The van der Waals surface area contributed by atoms with Gasteiger partial charge in [0.15, 0.2) is 5.13 Å². The fourth-order valence-electron chi connectivity index (χ4n) is 2.73. The fraction of sp³-hybridized carbons (Fsp3) is 0.304. The van der Waals surface area contributed by atoms with Crippen LogP contribution >= 0.6 is 11.3 Å². The van der Waals surface area contributed by atoms with Gasteiger partial charge < -0.3 is 15.0 Å². The number of pyridine rings is 1. The lowest BCUT2D eigenvalue weighted by molar-refractivity contribution is 0.0636. The number of aromatic nitrogens is 2. The van der Waals surface area contributed by atoms with Crippen LogP contribution in [0.2, 0.25) is 0 Å². The van der Waals surface area contributed by atoms with E-state index in [2.05, 4.69) is 20.6 Å². The van der Waals surface area contributed by atoms with Gasteiger partial charge >= 0.3 is 12.1 Å². The van der Waals surface area contributed by atoms with Crippen molar-refractivity contribution in [3.63, 3.8) is 0 Å². The summed E-state index contributed by atoms with van der Waals surface area (Å²) in [5.41, 5.74) is 2.66. The van der Waals surface area contributed by atoms with Gasteiger partial charge in [-0.15, -0.1) is 11.3 Å². The molecule has 32 heavy (non-hydrogen) atoms. The number of nitrogens with one attached hydrogen (secondary N) is 2. The van der Waals surface area contributed by atoms with Crippen LogP contribution in [0.4, 0.5) is 20.4 Å². The summed E-state index contributed by atoms with van der Waals surface area (Å²) < 4.78 is 5.24. The van der Waals surface area contributed by atoms with Crippen LogP contribution in [0.3, 0.4) is 0 Å². The predicted octanol–water partition coefficient (Wildman–Crippen LogP) is 5.26. The number of carbonyl (C=O) groups excluding carboxylic acids is 2. The van der Waals surface area contributed by atoms with Crippen molar-refractivity contribution in [2.75, 3.05) is 24.2 Å². The first-order chi connectivity index (χ1) is 15.2. The monoisotopic (exact) mass is 453 g/mol. The molecule has 0 aliphatic rings. The lowest BCUT2D eigenvalue weighted by Crippen LogP contribution is -2.33. The van der Waals surface area contributed by atoms with E-state index in [1.54, 1.807) is 38.9 Å². The lowest BCUT2D eigenvalue weighted by Gasteiger charge is -2.18. The molecule has 0 aliphatic carbocycles. The van der Waals surface area contributed by atoms with Crippen LogP contribution in [0, 0.1) is 0 Å². The summed E-state index contributed by atoms with van der Waals surface area (Å²) in [5, 5.41) is 7.84. The Morgan fingerprint density at radius 3 is 2.50 bits per heavy atom. The number of amides is 3. The van der Waals surface area contributed by atoms with E-state index in [0.717, 1.165) is 17.0 Å². The molecule has 1 aromatic carbocycles. The van der Waals surface area contributed by atoms with Crippen molar-refractivity contribution < 1.29 is 14.3 Å². The Balaban J connectivity index is 1.53. The van der Waals surface area contributed by atoms with Gasteiger partial charge in [-0.2, -0.15) is 0 Å². The molecule has 3 rings (SSSR count). The quantitative estimate of drug-likeness (QED) is 0.531. The standard InChI is InChI=1S/C23H27N5O3S/c1-23(2,3)31-22(30)27-20-26-19(15-32-20)16-8-10-18(11-9-16)25-21(29)28(4)14-12-17-7-5-6-13-24-17/h5-11,13,15H,12,14H2,1-4H3,(H,25,29)(H,26,27,30). The average Bonchev–Trinajstić information content (AvgIpc) is 3.20. The fourth-order valence-corrected chi connectivity index (χ4v) is 3.43. The molecule has 0 atom stereocenters. The second kappa shape index (κ2) is 10.2. The number of benzene rings is 1. The molecule has 0 fully saturated rings. The molecule has 0 saturated carbocycles. The molecular formula is C23H27N5O3S. The first-order valence-electron chi connectivity index (χ1n) is 10.2. The molecule has 0 unspecified atom stereocenters. The maximum atomic E-state index is 12.4. The molecule has 168 valence electrons. The molecule has 2 aromatic heterocycles. The third kappa shape index (κ3) is 7.05. The van der Waals surface area contributed by atoms with Gasteiger partial charge in [0.25, 0.3) is 0 Å². The number of rotatable bonds is 6. The molecular weight excluding hydrogens is 426 g/mol. The van der Waals surface area contributed by atoms with Crippen LogP contribution in [0.5, 0.6) is 0 Å². The van der Waals surface area contributed by atoms with E-state index in [9.17, 15) is 9.59 Å². The van der Waals surface area contributed by atoms with Gasteiger partial charge in [0.2, 0.25) is 0 Å². The summed E-state index contributed by atoms with van der Waals surface area (Å²) in [6, 6.07) is 12.9. The highest BCUT2D eigenvalue weighted by atomic mass is 32.1. The summed E-state index contributed by atoms with van der Waals surface area (Å²) in [6.45, 7) is 5.97. The zero-order valence-electron chi connectivity index (χ0n) is 18.6. The van der Waals surface area contributed by atoms with Crippen LogP contribution in [0.1, 0.15) is 26.5 Å². The van der Waals surface area contributed by atoms with E-state index in [1.165, 1.54) is 11.3 Å². The number of anilines is 2. The Morgan fingerprint density at radius 1 is 1.09 bits per heavy atom. The van der Waals surface area contributed by atoms with Gasteiger partial charge in [-0.05, 0) is 45.0 Å². The number of thiazole rings is 1. The number of ether oxygens (including phenoxy) is 1. The summed E-state index contributed by atoms with van der Waals surface area (Å²) in [7, 11) is 1.75. The van der Waals surface area contributed by atoms with Crippen molar-refractivity contribution in [2.24, 2.45) is 0 Å². The van der Waals surface area contributed by atoms with Crippen LogP contribution in [-0.4, -0.2) is 46.2 Å². The third-order valence-electron chi connectivity index (χ3n) is 4.32. The maximum absolute atomic E-state index is 12.4. The Bertz CT molecular complexity index is 1050. The number of hydrogen-bond acceptors (Lipinski definition) is 6. The molecule has 0 radical (unpaired) electrons. The highest BCUT2D eigenvalue weighted by Crippen LogP contribution is 2.26. The summed E-state index contributed by atoms with van der Waals surface area (Å²) in [5.74, 6) is 0. The SMILES string of the molecule is CN(CCc1ccccn1)C(=O)Nc1ccc(-c2csc(NC(=O)OC(C)(C)C)n2)cc1. The van der Waals surface area contributed by atoms with Crippen LogP contribution < -0.4 is 10.6 Å². The van der Waals surface area contributed by atoms with Crippen LogP contribution in [0.25, 0.3) is 11.3 Å². The second-order valence-corrected chi connectivity index (χ2v) is 9.02. The molecule has 2 heterocycles. The molecule has 0 aliphatic heterocycles. The van der Waals surface area contributed by atoms with E-state index in [0.29, 0.717) is 23.8 Å². The average molecular weight is 454 g/mol. The largest absolute Gasteiger partial charge is 0.444 e. The van der Waals surface area contributed by atoms with Gasteiger partial charge in [-0.25, -0.2) is 14.6 Å². The third-order valence-corrected chi connectivity index (χ3v) is 5.08. The minimum Gasteiger partial charge on any atom is -0.444 e. The number of urea groups is 1. The van der Waals surface area contributed by atoms with Crippen molar-refractivity contribution in [1.82, 2.24) is 14.9 Å². The van der Waals surface area contributed by atoms with E-state index >= 15 is 0 Å². The minimum absolute atomic E-state index is 0.189. The Hall–Kier alpha value is -3.46. The lowest BCUT2D eigenvalue weighted by atomic mass is 10.1. The molecule has 0 bridgehead atoms. The van der Waals surface area contributed by atoms with Gasteiger partial charge in [0.1, 0.15) is 5.60 Å². The molecule has 3 aromatic rings.